The molecular weight excluding hydrogens is 128 g/mol. The molecule has 1 saturated heterocycles. The summed E-state index contributed by atoms with van der Waals surface area (Å²) < 4.78 is 5.28. The third-order valence-electron chi connectivity index (χ3n) is 2.72. The lowest BCUT2D eigenvalue weighted by molar-refractivity contribution is 0.0426. The third-order valence-corrected chi connectivity index (χ3v) is 2.72. The summed E-state index contributed by atoms with van der Waals surface area (Å²) in [6.45, 7) is 1.65. The van der Waals surface area contributed by atoms with E-state index in [0.29, 0.717) is 5.92 Å². The molecule has 2 nitrogen and oxygen atoms in total. The molecule has 2 fully saturated rings. The normalized spacial score (nSPS) is 47.1. The van der Waals surface area contributed by atoms with Gasteiger partial charge in [-0.15, -0.1) is 0 Å². The van der Waals surface area contributed by atoms with Gasteiger partial charge in [0.2, 0.25) is 0 Å². The maximum Gasteiger partial charge on any atom is 0.0702 e. The summed E-state index contributed by atoms with van der Waals surface area (Å²) in [4.78, 5) is 0. The van der Waals surface area contributed by atoms with Crippen molar-refractivity contribution in [1.29, 1.82) is 0 Å². The molecule has 2 unspecified atom stereocenters. The van der Waals surface area contributed by atoms with Crippen LogP contribution in [0.4, 0.5) is 0 Å². The van der Waals surface area contributed by atoms with Crippen molar-refractivity contribution in [3.63, 3.8) is 0 Å². The average molecular weight is 142 g/mol. The van der Waals surface area contributed by atoms with Crippen molar-refractivity contribution in [2.45, 2.75) is 31.3 Å². The molecule has 2 atom stereocenters. The number of hydrogen-bond donors (Lipinski definition) is 1. The maximum absolute atomic E-state index is 9.67. The molecule has 2 heteroatoms. The van der Waals surface area contributed by atoms with Crippen LogP contribution in [0.25, 0.3) is 0 Å². The van der Waals surface area contributed by atoms with Crippen molar-refractivity contribution < 1.29 is 9.84 Å². The average Bonchev–Trinajstić information content (AvgIpc) is 2.44. The van der Waals surface area contributed by atoms with Crippen LogP contribution < -0.4 is 0 Å². The summed E-state index contributed by atoms with van der Waals surface area (Å²) in [6, 6.07) is 0. The summed E-state index contributed by atoms with van der Waals surface area (Å²) in [7, 11) is 0. The molecule has 1 heterocycles. The lowest BCUT2D eigenvalue weighted by Gasteiger charge is -2.13. The van der Waals surface area contributed by atoms with E-state index < -0.39 is 0 Å². The van der Waals surface area contributed by atoms with Crippen LogP contribution in [0.2, 0.25) is 0 Å². The zero-order valence-corrected chi connectivity index (χ0v) is 6.18. The fourth-order valence-electron chi connectivity index (χ4n) is 1.83. The Kier molecular flexibility index (Phi) is 1.46. The maximum atomic E-state index is 9.67. The summed E-state index contributed by atoms with van der Waals surface area (Å²) in [6.07, 6.45) is 4.18. The molecule has 1 saturated carbocycles. The molecule has 0 aromatic heterocycles. The summed E-state index contributed by atoms with van der Waals surface area (Å²) in [5.74, 6) is 0.608. The first-order valence-electron chi connectivity index (χ1n) is 4.11. The molecule has 1 N–H and O–H groups in total. The highest BCUT2D eigenvalue weighted by Crippen LogP contribution is 2.49. The molecule has 1 aliphatic heterocycles. The topological polar surface area (TPSA) is 29.5 Å². The second-order valence-electron chi connectivity index (χ2n) is 3.51. The minimum Gasteiger partial charge on any atom is -0.389 e. The lowest BCUT2D eigenvalue weighted by atomic mass is 10.1. The van der Waals surface area contributed by atoms with Gasteiger partial charge in [0.25, 0.3) is 0 Å². The molecule has 2 aliphatic rings. The third kappa shape index (κ3) is 1.06. The quantitative estimate of drug-likeness (QED) is 0.545. The highest BCUT2D eigenvalue weighted by Gasteiger charge is 2.51. The van der Waals surface area contributed by atoms with Gasteiger partial charge in [0, 0.05) is 13.2 Å². The van der Waals surface area contributed by atoms with Gasteiger partial charge in [0.15, 0.2) is 0 Å². The Bertz CT molecular complexity index is 135. The number of rotatable bonds is 0. The highest BCUT2D eigenvalue weighted by atomic mass is 16.5. The monoisotopic (exact) mass is 142 g/mol. The number of aliphatic hydroxyl groups is 1. The van der Waals surface area contributed by atoms with Crippen molar-refractivity contribution in [1.82, 2.24) is 0 Å². The number of hydrogen-bond acceptors (Lipinski definition) is 2. The SMILES string of the molecule is OC12CCOCCCC1C2. The van der Waals surface area contributed by atoms with Crippen LogP contribution in [-0.4, -0.2) is 23.9 Å². The second kappa shape index (κ2) is 2.21. The Hall–Kier alpha value is -0.0800. The molecule has 0 aromatic rings. The van der Waals surface area contributed by atoms with E-state index in [2.05, 4.69) is 0 Å². The van der Waals surface area contributed by atoms with Crippen molar-refractivity contribution in [3.8, 4) is 0 Å². The van der Waals surface area contributed by atoms with Crippen LogP contribution in [0.1, 0.15) is 25.7 Å². The smallest absolute Gasteiger partial charge is 0.0702 e. The van der Waals surface area contributed by atoms with E-state index in [4.69, 9.17) is 4.74 Å². The van der Waals surface area contributed by atoms with Crippen molar-refractivity contribution in [2.75, 3.05) is 13.2 Å². The summed E-state index contributed by atoms with van der Waals surface area (Å²) >= 11 is 0. The molecule has 58 valence electrons. The van der Waals surface area contributed by atoms with Gasteiger partial charge in [0.1, 0.15) is 0 Å². The zero-order chi connectivity index (χ0) is 7.03. The van der Waals surface area contributed by atoms with Crippen LogP contribution in [0.15, 0.2) is 0 Å². The molecule has 0 amide bonds. The van der Waals surface area contributed by atoms with Gasteiger partial charge < -0.3 is 9.84 Å². The van der Waals surface area contributed by atoms with Gasteiger partial charge in [-0.3, -0.25) is 0 Å². The summed E-state index contributed by atoms with van der Waals surface area (Å²) in [5, 5.41) is 9.67. The molecule has 2 rings (SSSR count). The number of fused-ring (bicyclic) bond motifs is 1. The minimum atomic E-state index is -0.305. The van der Waals surface area contributed by atoms with Gasteiger partial charge in [-0.2, -0.15) is 0 Å². The van der Waals surface area contributed by atoms with Gasteiger partial charge >= 0.3 is 0 Å². The molecule has 0 radical (unpaired) electrons. The fraction of sp³-hybridized carbons (Fsp3) is 1.00. The lowest BCUT2D eigenvalue weighted by Crippen LogP contribution is -2.17. The van der Waals surface area contributed by atoms with Gasteiger partial charge in [-0.25, -0.2) is 0 Å². The van der Waals surface area contributed by atoms with E-state index in [1.54, 1.807) is 0 Å². The highest BCUT2D eigenvalue weighted by molar-refractivity contribution is 5.03. The van der Waals surface area contributed by atoms with E-state index in [1.165, 1.54) is 0 Å². The van der Waals surface area contributed by atoms with Crippen LogP contribution in [-0.2, 0) is 4.74 Å². The standard InChI is InChI=1S/C8H14O2/c9-8-3-5-10-4-1-2-7(8)6-8/h7,9H,1-6H2. The van der Waals surface area contributed by atoms with E-state index >= 15 is 0 Å². The Balaban J connectivity index is 1.91. The Labute approximate surface area is 61.2 Å². The molecular formula is C8H14O2. The van der Waals surface area contributed by atoms with Crippen LogP contribution in [0.3, 0.4) is 0 Å². The zero-order valence-electron chi connectivity index (χ0n) is 6.18. The van der Waals surface area contributed by atoms with Gasteiger partial charge in [-0.1, -0.05) is 0 Å². The fourth-order valence-corrected chi connectivity index (χ4v) is 1.83. The largest absolute Gasteiger partial charge is 0.389 e. The van der Waals surface area contributed by atoms with Crippen molar-refractivity contribution >= 4 is 0 Å². The van der Waals surface area contributed by atoms with Gasteiger partial charge in [0.05, 0.1) is 5.60 Å². The first-order chi connectivity index (χ1) is 4.81. The van der Waals surface area contributed by atoms with E-state index in [9.17, 15) is 5.11 Å². The molecule has 0 bridgehead atoms. The molecule has 10 heavy (non-hydrogen) atoms. The second-order valence-corrected chi connectivity index (χ2v) is 3.51. The van der Waals surface area contributed by atoms with Crippen LogP contribution >= 0.6 is 0 Å². The van der Waals surface area contributed by atoms with Crippen molar-refractivity contribution in [2.24, 2.45) is 5.92 Å². The Morgan fingerprint density at radius 1 is 1.40 bits per heavy atom. The van der Waals surface area contributed by atoms with E-state index in [1.807, 2.05) is 0 Å². The summed E-state index contributed by atoms with van der Waals surface area (Å²) in [5.41, 5.74) is -0.305. The first kappa shape index (κ1) is 6.62. The predicted molar refractivity (Wildman–Crippen MR) is 37.7 cm³/mol. The van der Waals surface area contributed by atoms with Crippen LogP contribution in [0, 0.1) is 5.92 Å². The van der Waals surface area contributed by atoms with E-state index in [-0.39, 0.29) is 5.60 Å². The van der Waals surface area contributed by atoms with Crippen molar-refractivity contribution in [3.05, 3.63) is 0 Å². The Morgan fingerprint density at radius 2 is 2.30 bits per heavy atom. The molecule has 0 spiro atoms. The first-order valence-corrected chi connectivity index (χ1v) is 4.11. The van der Waals surface area contributed by atoms with Gasteiger partial charge in [-0.05, 0) is 31.6 Å². The van der Waals surface area contributed by atoms with E-state index in [0.717, 1.165) is 38.9 Å². The predicted octanol–water partition coefficient (Wildman–Crippen LogP) is 0.938. The molecule has 0 aromatic carbocycles. The minimum absolute atomic E-state index is 0.305. The number of ether oxygens (including phenoxy) is 1. The Morgan fingerprint density at radius 3 is 3.20 bits per heavy atom. The molecule has 1 aliphatic carbocycles. The van der Waals surface area contributed by atoms with Crippen LogP contribution in [0.5, 0.6) is 0 Å².